The molecule has 2 rings (SSSR count). The molecule has 0 bridgehead atoms. The van der Waals surface area contributed by atoms with Gasteiger partial charge in [0.25, 0.3) is 10.1 Å². The van der Waals surface area contributed by atoms with Gasteiger partial charge in [-0.1, -0.05) is 49.6 Å². The molecule has 0 saturated heterocycles. The molecular weight excluding hydrogens is 248 g/mol. The molecule has 1 N–H and O–H groups in total. The normalized spacial score (nSPS) is 21.4. The molecule has 1 aliphatic carbocycles. The first-order valence-electron chi connectivity index (χ1n) is 6.49. The fraction of sp³-hybridized carbons (Fsp3) is 0.571. The summed E-state index contributed by atoms with van der Waals surface area (Å²) in [6.07, 6.45) is 4.98. The van der Waals surface area contributed by atoms with Crippen molar-refractivity contribution in [3.8, 4) is 0 Å². The second-order valence-corrected chi connectivity index (χ2v) is 7.08. The van der Waals surface area contributed by atoms with E-state index in [4.69, 9.17) is 0 Å². The molecule has 0 radical (unpaired) electrons. The molecule has 1 saturated carbocycles. The molecule has 0 amide bonds. The molecule has 100 valence electrons. The van der Waals surface area contributed by atoms with E-state index in [9.17, 15) is 13.0 Å². The third kappa shape index (κ3) is 2.31. The summed E-state index contributed by atoms with van der Waals surface area (Å²) in [7, 11) is -4.12. The van der Waals surface area contributed by atoms with E-state index < -0.39 is 14.9 Å². The Morgan fingerprint density at radius 3 is 2.17 bits per heavy atom. The van der Waals surface area contributed by atoms with Crippen molar-refractivity contribution >= 4 is 10.1 Å². The van der Waals surface area contributed by atoms with Crippen LogP contribution in [0.25, 0.3) is 0 Å². The summed E-state index contributed by atoms with van der Waals surface area (Å²) < 4.78 is 32.4. The molecular formula is C14H20O3S. The highest BCUT2D eigenvalue weighted by Gasteiger charge is 2.46. The molecule has 0 aliphatic heterocycles. The summed E-state index contributed by atoms with van der Waals surface area (Å²) in [5.74, 6) is 0.00338. The molecule has 18 heavy (non-hydrogen) atoms. The van der Waals surface area contributed by atoms with Crippen LogP contribution in [-0.2, 0) is 14.9 Å². The zero-order valence-corrected chi connectivity index (χ0v) is 11.5. The largest absolute Gasteiger partial charge is 0.285 e. The van der Waals surface area contributed by atoms with Gasteiger partial charge in [0.05, 0.1) is 0 Å². The van der Waals surface area contributed by atoms with E-state index in [1.807, 2.05) is 18.2 Å². The number of rotatable bonds is 3. The smallest absolute Gasteiger partial charge is 0.274 e. The minimum absolute atomic E-state index is 0.00338. The summed E-state index contributed by atoms with van der Waals surface area (Å²) in [4.78, 5) is 0. The van der Waals surface area contributed by atoms with Gasteiger partial charge in [0, 0.05) is 0 Å². The van der Waals surface area contributed by atoms with Crippen LogP contribution in [0.1, 0.15) is 44.6 Å². The average molecular weight is 268 g/mol. The van der Waals surface area contributed by atoms with E-state index in [0.29, 0.717) is 5.56 Å². The van der Waals surface area contributed by atoms with Crippen molar-refractivity contribution in [1.82, 2.24) is 0 Å². The second kappa shape index (κ2) is 5.02. The lowest BCUT2D eigenvalue weighted by Gasteiger charge is -2.37. The Bertz CT molecular complexity index is 489. The standard InChI is InChI=1S/C14H20O3S/c1-14(18(15,16)17,12-8-4-2-5-9-12)13-10-6-3-7-11-13/h2,4-5,8-9,13H,3,6-7,10-11H2,1H3,(H,15,16,17). The summed E-state index contributed by atoms with van der Waals surface area (Å²) in [5, 5.41) is 0. The summed E-state index contributed by atoms with van der Waals surface area (Å²) in [6.45, 7) is 1.66. The van der Waals surface area contributed by atoms with Gasteiger partial charge in [0.2, 0.25) is 0 Å². The topological polar surface area (TPSA) is 54.4 Å². The number of hydrogen-bond donors (Lipinski definition) is 1. The van der Waals surface area contributed by atoms with Crippen molar-refractivity contribution in [3.63, 3.8) is 0 Å². The van der Waals surface area contributed by atoms with E-state index in [-0.39, 0.29) is 5.92 Å². The lowest BCUT2D eigenvalue weighted by atomic mass is 9.77. The van der Waals surface area contributed by atoms with Gasteiger partial charge >= 0.3 is 0 Å². The predicted molar refractivity (Wildman–Crippen MR) is 71.9 cm³/mol. The zero-order chi connectivity index (χ0) is 13.2. The number of benzene rings is 1. The molecule has 4 heteroatoms. The SMILES string of the molecule is CC(c1ccccc1)(C1CCCCC1)S(=O)(=O)O. The second-order valence-electron chi connectivity index (χ2n) is 5.28. The van der Waals surface area contributed by atoms with Gasteiger partial charge in [-0.15, -0.1) is 0 Å². The maximum absolute atomic E-state index is 11.9. The molecule has 3 nitrogen and oxygen atoms in total. The van der Waals surface area contributed by atoms with Crippen molar-refractivity contribution in [3.05, 3.63) is 35.9 Å². The van der Waals surface area contributed by atoms with Gasteiger partial charge in [-0.05, 0) is 31.2 Å². The van der Waals surface area contributed by atoms with Gasteiger partial charge in [0.15, 0.2) is 0 Å². The van der Waals surface area contributed by atoms with Gasteiger partial charge in [-0.2, -0.15) is 8.42 Å². The Balaban J connectivity index is 2.47. The summed E-state index contributed by atoms with van der Waals surface area (Å²) in [6, 6.07) is 9.09. The fourth-order valence-electron chi connectivity index (χ4n) is 3.02. The number of hydrogen-bond acceptors (Lipinski definition) is 2. The first kappa shape index (κ1) is 13.6. The zero-order valence-electron chi connectivity index (χ0n) is 10.7. The van der Waals surface area contributed by atoms with Crippen molar-refractivity contribution in [2.24, 2.45) is 5.92 Å². The van der Waals surface area contributed by atoms with Gasteiger partial charge < -0.3 is 0 Å². The minimum atomic E-state index is -4.12. The summed E-state index contributed by atoms with van der Waals surface area (Å²) in [5.41, 5.74) is 0.694. The van der Waals surface area contributed by atoms with Crippen molar-refractivity contribution < 1.29 is 13.0 Å². The first-order valence-corrected chi connectivity index (χ1v) is 7.93. The van der Waals surface area contributed by atoms with Crippen LogP contribution >= 0.6 is 0 Å². The van der Waals surface area contributed by atoms with Gasteiger partial charge in [-0.25, -0.2) is 0 Å². The molecule has 0 spiro atoms. The highest BCUT2D eigenvalue weighted by molar-refractivity contribution is 7.86. The van der Waals surface area contributed by atoms with Crippen LogP contribution in [0.15, 0.2) is 30.3 Å². The van der Waals surface area contributed by atoms with Gasteiger partial charge in [-0.3, -0.25) is 4.55 Å². The summed E-state index contributed by atoms with van der Waals surface area (Å²) >= 11 is 0. The van der Waals surface area contributed by atoms with Crippen LogP contribution in [0.3, 0.4) is 0 Å². The Hall–Kier alpha value is -0.870. The van der Waals surface area contributed by atoms with Crippen molar-refractivity contribution in [1.29, 1.82) is 0 Å². The van der Waals surface area contributed by atoms with Crippen molar-refractivity contribution in [2.75, 3.05) is 0 Å². The molecule has 1 fully saturated rings. The molecule has 1 aromatic carbocycles. The Morgan fingerprint density at radius 1 is 1.11 bits per heavy atom. The van der Waals surface area contributed by atoms with E-state index in [2.05, 4.69) is 0 Å². The molecule has 1 aliphatic rings. The Kier molecular flexibility index (Phi) is 3.78. The van der Waals surface area contributed by atoms with Crippen molar-refractivity contribution in [2.45, 2.75) is 43.8 Å². The predicted octanol–water partition coefficient (Wildman–Crippen LogP) is 3.37. The highest BCUT2D eigenvalue weighted by Crippen LogP contribution is 2.44. The van der Waals surface area contributed by atoms with Crippen LogP contribution < -0.4 is 0 Å². The fourth-order valence-corrected chi connectivity index (χ4v) is 4.11. The van der Waals surface area contributed by atoms with Crippen LogP contribution in [0.4, 0.5) is 0 Å². The molecule has 0 heterocycles. The molecule has 1 unspecified atom stereocenters. The monoisotopic (exact) mass is 268 g/mol. The maximum Gasteiger partial charge on any atom is 0.274 e. The maximum atomic E-state index is 11.9. The average Bonchev–Trinajstić information content (AvgIpc) is 2.38. The van der Waals surface area contributed by atoms with Crippen LogP contribution in [0.5, 0.6) is 0 Å². The van der Waals surface area contributed by atoms with Crippen LogP contribution in [0, 0.1) is 5.92 Å². The molecule has 1 aromatic rings. The Morgan fingerprint density at radius 2 is 1.67 bits per heavy atom. The lowest BCUT2D eigenvalue weighted by molar-refractivity contribution is 0.266. The Labute approximate surface area is 109 Å². The highest BCUT2D eigenvalue weighted by atomic mass is 32.2. The molecule has 1 atom stereocenters. The van der Waals surface area contributed by atoms with E-state index in [0.717, 1.165) is 32.1 Å². The quantitative estimate of drug-likeness (QED) is 0.855. The van der Waals surface area contributed by atoms with Crippen LogP contribution in [-0.4, -0.2) is 13.0 Å². The third-order valence-corrected chi connectivity index (χ3v) is 5.91. The first-order chi connectivity index (χ1) is 8.46. The van der Waals surface area contributed by atoms with Crippen LogP contribution in [0.2, 0.25) is 0 Å². The lowest BCUT2D eigenvalue weighted by Crippen LogP contribution is -2.41. The minimum Gasteiger partial charge on any atom is -0.285 e. The third-order valence-electron chi connectivity index (χ3n) is 4.27. The van der Waals surface area contributed by atoms with E-state index in [1.54, 1.807) is 19.1 Å². The van der Waals surface area contributed by atoms with E-state index >= 15 is 0 Å². The molecule has 0 aromatic heterocycles. The van der Waals surface area contributed by atoms with Gasteiger partial charge in [0.1, 0.15) is 4.75 Å². The van der Waals surface area contributed by atoms with E-state index in [1.165, 1.54) is 0 Å².